The number of fused-ring (bicyclic) bond motifs is 2. The van der Waals surface area contributed by atoms with Crippen LogP contribution in [0.2, 0.25) is 0 Å². The first kappa shape index (κ1) is 27.0. The van der Waals surface area contributed by atoms with E-state index in [1.54, 1.807) is 6.92 Å². The topological polar surface area (TPSA) is 145 Å². The van der Waals surface area contributed by atoms with Gasteiger partial charge in [-0.25, -0.2) is 12.8 Å². The molecule has 0 amide bonds. The van der Waals surface area contributed by atoms with Crippen molar-refractivity contribution in [2.24, 2.45) is 10.2 Å². The Bertz CT molecular complexity index is 1540. The molecular weight excluding hydrogens is 520 g/mol. The molecule has 4 N–H and O–H groups in total. The van der Waals surface area contributed by atoms with Gasteiger partial charge in [0.05, 0.1) is 22.7 Å². The molecular formula is C25H29FN3O6PS. The zero-order chi connectivity index (χ0) is 27.6. The number of hydrogen-bond donors (Lipinski definition) is 4. The highest BCUT2D eigenvalue weighted by Crippen LogP contribution is 2.50. The third kappa shape index (κ3) is 5.21. The standard InChI is InChI=1S/C25H29FN3O6PS/c1-24(2,3)10-11-25(4)17-8-6-14(26)12-16(17)21(30)20(22(25)31)23-27-18-9-7-15(29-37(5,34)35)13-19(18)36(32,33)28-23/h6-9,12-13,29-30H,10-11H2,1-5H3,(H2,27,28,32,33). The van der Waals surface area contributed by atoms with E-state index in [-0.39, 0.29) is 39.1 Å². The van der Waals surface area contributed by atoms with Crippen molar-refractivity contribution >= 4 is 51.6 Å². The maximum atomic E-state index is 14.2. The van der Waals surface area contributed by atoms with Crippen LogP contribution in [0.15, 0.2) is 46.7 Å². The van der Waals surface area contributed by atoms with Crippen molar-refractivity contribution in [3.05, 3.63) is 58.9 Å². The number of nitrogens with zero attached hydrogens (tertiary/aromatic N) is 1. The molecule has 4 rings (SSSR count). The first-order chi connectivity index (χ1) is 16.9. The van der Waals surface area contributed by atoms with Gasteiger partial charge in [-0.2, -0.15) is 4.76 Å². The Balaban J connectivity index is 1.85. The van der Waals surface area contributed by atoms with Crippen LogP contribution in [0.25, 0.3) is 5.76 Å². The Morgan fingerprint density at radius 3 is 2.49 bits per heavy atom. The number of benzene rings is 2. The lowest BCUT2D eigenvalue weighted by atomic mass is 9.65. The molecule has 2 unspecified atom stereocenters. The van der Waals surface area contributed by atoms with Crippen LogP contribution in [0, 0.1) is 11.2 Å². The Morgan fingerprint density at radius 1 is 1.19 bits per heavy atom. The Labute approximate surface area is 215 Å². The van der Waals surface area contributed by atoms with Gasteiger partial charge < -0.3 is 15.3 Å². The number of carbonyl (C=O) groups excluding carboxylic acids is 1. The fraction of sp³-hybridized carbons (Fsp3) is 0.360. The molecule has 0 aromatic heterocycles. The molecule has 1 aliphatic carbocycles. The van der Waals surface area contributed by atoms with Crippen LogP contribution in [0.1, 0.15) is 51.7 Å². The molecule has 37 heavy (non-hydrogen) atoms. The summed E-state index contributed by atoms with van der Waals surface area (Å²) in [6.45, 7) is 7.80. The Hall–Kier alpha value is -3.01. The van der Waals surface area contributed by atoms with E-state index in [0.29, 0.717) is 18.4 Å². The molecule has 0 spiro atoms. The van der Waals surface area contributed by atoms with Crippen LogP contribution in [0.4, 0.5) is 15.8 Å². The molecule has 0 fully saturated rings. The highest BCUT2D eigenvalue weighted by Gasteiger charge is 2.47. The SMILES string of the molecule is CC(C)(C)CCC1(C)C(=O)C(C2=NP(=O)(O)c3cc(NS(C)(=O)=O)ccc3N2)=C(O)c2cc(F)ccc21. The third-order valence-electron chi connectivity index (χ3n) is 6.51. The fourth-order valence-corrected chi connectivity index (χ4v) is 6.37. The van der Waals surface area contributed by atoms with E-state index >= 15 is 0 Å². The predicted molar refractivity (Wildman–Crippen MR) is 142 cm³/mol. The number of sulfonamides is 1. The summed E-state index contributed by atoms with van der Waals surface area (Å²) >= 11 is 0. The van der Waals surface area contributed by atoms with Crippen molar-refractivity contribution in [3.63, 3.8) is 0 Å². The van der Waals surface area contributed by atoms with Gasteiger partial charge in [0.2, 0.25) is 10.0 Å². The molecule has 12 heteroatoms. The van der Waals surface area contributed by atoms with Gasteiger partial charge >= 0.3 is 7.52 Å². The molecule has 2 aromatic carbocycles. The Kier molecular flexibility index (Phi) is 6.42. The first-order valence-electron chi connectivity index (χ1n) is 11.5. The number of aliphatic hydroxyl groups is 1. The van der Waals surface area contributed by atoms with E-state index in [4.69, 9.17) is 0 Å². The van der Waals surface area contributed by atoms with Gasteiger partial charge in [-0.05, 0) is 61.1 Å². The molecule has 0 bridgehead atoms. The smallest absolute Gasteiger partial charge is 0.346 e. The Morgan fingerprint density at radius 2 is 1.86 bits per heavy atom. The normalized spacial score (nSPS) is 23.6. The molecule has 2 atom stereocenters. The second-order valence-corrected chi connectivity index (χ2v) is 14.4. The number of carbonyl (C=O) groups is 1. The van der Waals surface area contributed by atoms with Crippen LogP contribution in [-0.4, -0.2) is 36.3 Å². The van der Waals surface area contributed by atoms with Crippen LogP contribution >= 0.6 is 7.52 Å². The van der Waals surface area contributed by atoms with Gasteiger partial charge in [0.15, 0.2) is 5.78 Å². The van der Waals surface area contributed by atoms with E-state index in [9.17, 15) is 32.2 Å². The minimum absolute atomic E-state index is 0.0611. The largest absolute Gasteiger partial charge is 0.506 e. The molecule has 0 saturated carbocycles. The molecule has 0 saturated heterocycles. The van der Waals surface area contributed by atoms with Crippen LogP contribution < -0.4 is 15.3 Å². The van der Waals surface area contributed by atoms with E-state index in [1.807, 2.05) is 20.8 Å². The van der Waals surface area contributed by atoms with Crippen molar-refractivity contribution in [1.29, 1.82) is 0 Å². The summed E-state index contributed by atoms with van der Waals surface area (Å²) in [4.78, 5) is 24.8. The number of rotatable bonds is 5. The zero-order valence-electron chi connectivity index (χ0n) is 21.1. The summed E-state index contributed by atoms with van der Waals surface area (Å²) in [7, 11) is -8.14. The summed E-state index contributed by atoms with van der Waals surface area (Å²) in [6.07, 6.45) is 1.96. The summed E-state index contributed by atoms with van der Waals surface area (Å²) in [5.74, 6) is -1.99. The number of ketones is 1. The van der Waals surface area contributed by atoms with E-state index in [2.05, 4.69) is 14.8 Å². The lowest BCUT2D eigenvalue weighted by Gasteiger charge is -2.38. The number of Topliss-reactive ketones (excluding diaryl/α,β-unsaturated/α-hetero) is 1. The first-order valence-corrected chi connectivity index (χ1v) is 15.0. The summed E-state index contributed by atoms with van der Waals surface area (Å²) in [5, 5.41) is 13.8. The molecule has 198 valence electrons. The zero-order valence-corrected chi connectivity index (χ0v) is 22.8. The van der Waals surface area contributed by atoms with E-state index < -0.39 is 40.3 Å². The van der Waals surface area contributed by atoms with E-state index in [1.165, 1.54) is 30.3 Å². The second-order valence-electron chi connectivity index (χ2n) is 10.9. The van der Waals surface area contributed by atoms with Crippen molar-refractivity contribution in [3.8, 4) is 0 Å². The predicted octanol–water partition coefficient (Wildman–Crippen LogP) is 4.47. The minimum Gasteiger partial charge on any atom is -0.506 e. The molecule has 1 aliphatic heterocycles. The molecule has 9 nitrogen and oxygen atoms in total. The fourth-order valence-electron chi connectivity index (χ4n) is 4.54. The molecule has 0 radical (unpaired) electrons. The van der Waals surface area contributed by atoms with Gasteiger partial charge in [-0.3, -0.25) is 14.1 Å². The van der Waals surface area contributed by atoms with Gasteiger partial charge in [0.1, 0.15) is 23.0 Å². The lowest BCUT2D eigenvalue weighted by Crippen LogP contribution is -2.43. The van der Waals surface area contributed by atoms with Crippen molar-refractivity contribution in [2.75, 3.05) is 16.3 Å². The van der Waals surface area contributed by atoms with Crippen LogP contribution in [0.3, 0.4) is 0 Å². The number of hydrogen-bond acceptors (Lipinski definition) is 6. The van der Waals surface area contributed by atoms with Crippen LogP contribution in [-0.2, 0) is 24.8 Å². The highest BCUT2D eigenvalue weighted by atomic mass is 32.2. The van der Waals surface area contributed by atoms with Crippen molar-refractivity contribution < 1.29 is 32.2 Å². The highest BCUT2D eigenvalue weighted by molar-refractivity contribution is 7.92. The maximum Gasteiger partial charge on any atom is 0.346 e. The third-order valence-corrected chi connectivity index (χ3v) is 8.59. The lowest BCUT2D eigenvalue weighted by molar-refractivity contribution is -0.120. The monoisotopic (exact) mass is 549 g/mol. The molecule has 2 aromatic rings. The number of amidine groups is 1. The number of aliphatic hydroxyl groups excluding tert-OH is 1. The molecule has 2 aliphatic rings. The van der Waals surface area contributed by atoms with Crippen molar-refractivity contribution in [2.45, 2.75) is 46.0 Å². The van der Waals surface area contributed by atoms with Crippen molar-refractivity contribution in [1.82, 2.24) is 0 Å². The quantitative estimate of drug-likeness (QED) is 0.403. The number of nitrogens with one attached hydrogen (secondary N) is 2. The molecule has 1 heterocycles. The second kappa shape index (κ2) is 8.79. The number of anilines is 2. The average molecular weight is 550 g/mol. The summed E-state index contributed by atoms with van der Waals surface area (Å²) in [6, 6.07) is 7.78. The van der Waals surface area contributed by atoms with Gasteiger partial charge in [0.25, 0.3) is 0 Å². The van der Waals surface area contributed by atoms with Gasteiger partial charge in [-0.1, -0.05) is 26.8 Å². The maximum absolute atomic E-state index is 14.2. The minimum atomic E-state index is -4.50. The van der Waals surface area contributed by atoms with Gasteiger partial charge in [-0.15, -0.1) is 0 Å². The average Bonchev–Trinajstić information content (AvgIpc) is 2.75. The summed E-state index contributed by atoms with van der Waals surface area (Å²) in [5.41, 5.74) is -0.842. The number of halogens is 1. The van der Waals surface area contributed by atoms with E-state index in [0.717, 1.165) is 12.3 Å². The summed E-state index contributed by atoms with van der Waals surface area (Å²) < 4.78 is 56.8. The van der Waals surface area contributed by atoms with Gasteiger partial charge in [0, 0.05) is 11.3 Å². The van der Waals surface area contributed by atoms with Crippen LogP contribution in [0.5, 0.6) is 0 Å².